The van der Waals surface area contributed by atoms with Gasteiger partial charge >= 0.3 is 12.2 Å². The van der Waals surface area contributed by atoms with E-state index in [-0.39, 0.29) is 12.6 Å². The number of alkyl halides is 3. The summed E-state index contributed by atoms with van der Waals surface area (Å²) in [6, 6.07) is 4.68. The number of hydrogen-bond acceptors (Lipinski definition) is 6. The van der Waals surface area contributed by atoms with Crippen LogP contribution < -0.4 is 10.2 Å². The maximum atomic E-state index is 13.0. The Morgan fingerprint density at radius 2 is 1.84 bits per heavy atom. The van der Waals surface area contributed by atoms with Crippen LogP contribution in [0.15, 0.2) is 24.3 Å². The molecular weight excluding hydrogens is 429 g/mol. The fourth-order valence-corrected chi connectivity index (χ4v) is 4.31. The van der Waals surface area contributed by atoms with E-state index in [2.05, 4.69) is 10.2 Å². The number of aliphatic hydroxyl groups is 1. The van der Waals surface area contributed by atoms with E-state index in [0.717, 1.165) is 6.07 Å². The molecule has 0 spiro atoms. The van der Waals surface area contributed by atoms with Crippen LogP contribution in [-0.4, -0.2) is 105 Å². The van der Waals surface area contributed by atoms with Crippen LogP contribution in [0.4, 0.5) is 23.7 Å². The maximum absolute atomic E-state index is 13.0. The summed E-state index contributed by atoms with van der Waals surface area (Å²) in [5.41, 5.74) is -0.0902. The van der Waals surface area contributed by atoms with Gasteiger partial charge in [-0.25, -0.2) is 4.79 Å². The second kappa shape index (κ2) is 9.82. The number of halogens is 3. The van der Waals surface area contributed by atoms with Gasteiger partial charge in [0.2, 0.25) is 0 Å². The molecule has 1 aromatic carbocycles. The highest BCUT2D eigenvalue weighted by atomic mass is 19.4. The summed E-state index contributed by atoms with van der Waals surface area (Å²) in [4.78, 5) is 18.1. The number of carbonyl (C=O) groups excluding carboxylic acids is 1. The molecule has 0 unspecified atom stereocenters. The van der Waals surface area contributed by atoms with E-state index in [1.54, 1.807) is 11.0 Å². The van der Waals surface area contributed by atoms with Gasteiger partial charge < -0.3 is 29.7 Å². The summed E-state index contributed by atoms with van der Waals surface area (Å²) in [7, 11) is 0. The molecule has 3 atom stereocenters. The Labute approximate surface area is 184 Å². The lowest BCUT2D eigenvalue weighted by molar-refractivity contribution is -0.137. The minimum absolute atomic E-state index is 0.226. The summed E-state index contributed by atoms with van der Waals surface area (Å²) in [5, 5.41) is 13.5. The van der Waals surface area contributed by atoms with Crippen molar-refractivity contribution < 1.29 is 32.5 Å². The Morgan fingerprint density at radius 1 is 1.12 bits per heavy atom. The predicted molar refractivity (Wildman–Crippen MR) is 111 cm³/mol. The number of aliphatic hydroxyl groups excluding tert-OH is 1. The largest absolute Gasteiger partial charge is 0.416 e. The highest BCUT2D eigenvalue weighted by Gasteiger charge is 2.39. The molecule has 3 aliphatic heterocycles. The summed E-state index contributed by atoms with van der Waals surface area (Å²) >= 11 is 0. The van der Waals surface area contributed by atoms with Gasteiger partial charge in [0, 0.05) is 51.5 Å². The third-order valence-corrected chi connectivity index (χ3v) is 6.24. The normalized spacial score (nSPS) is 27.6. The van der Waals surface area contributed by atoms with Crippen LogP contribution in [0.5, 0.6) is 0 Å². The number of piperazine rings is 1. The van der Waals surface area contributed by atoms with Crippen molar-refractivity contribution in [2.24, 2.45) is 0 Å². The van der Waals surface area contributed by atoms with Crippen molar-refractivity contribution in [1.82, 2.24) is 15.1 Å². The molecule has 1 aromatic rings. The minimum atomic E-state index is -4.36. The number of urea groups is 1. The lowest BCUT2D eigenvalue weighted by atomic mass is 10.1. The average Bonchev–Trinajstić information content (AvgIpc) is 3.13. The molecule has 3 heterocycles. The number of rotatable bonds is 4. The van der Waals surface area contributed by atoms with Crippen LogP contribution in [-0.2, 0) is 15.7 Å². The van der Waals surface area contributed by atoms with Gasteiger partial charge in [0.15, 0.2) is 0 Å². The lowest BCUT2D eigenvalue weighted by Gasteiger charge is -2.37. The zero-order valence-corrected chi connectivity index (χ0v) is 17.8. The monoisotopic (exact) mass is 458 g/mol. The van der Waals surface area contributed by atoms with Crippen molar-refractivity contribution in [2.45, 2.75) is 24.4 Å². The van der Waals surface area contributed by atoms with Crippen molar-refractivity contribution in [3.8, 4) is 0 Å². The molecular formula is C21H29F3N4O4. The van der Waals surface area contributed by atoms with Gasteiger partial charge in [-0.15, -0.1) is 0 Å². The Balaban J connectivity index is 1.24. The molecule has 32 heavy (non-hydrogen) atoms. The standard InChI is InChI=1S/C21H29F3N4O4/c22-21(23,24)15-2-1-3-16(12-15)27-6-4-26(5-7-27)13-18-19(29)17(14-32-18)25-20(30)28-8-10-31-11-9-28/h1-3,12,17-19,29H,4-11,13-14H2,(H,25,30)/t17-,18-,19+/m0/s1. The quantitative estimate of drug-likeness (QED) is 0.701. The molecule has 0 aromatic heterocycles. The number of ether oxygens (including phenoxy) is 2. The van der Waals surface area contributed by atoms with Crippen molar-refractivity contribution in [1.29, 1.82) is 0 Å². The van der Waals surface area contributed by atoms with Crippen molar-refractivity contribution in [3.63, 3.8) is 0 Å². The van der Waals surface area contributed by atoms with E-state index in [0.29, 0.717) is 64.7 Å². The van der Waals surface area contributed by atoms with Crippen LogP contribution >= 0.6 is 0 Å². The zero-order valence-electron chi connectivity index (χ0n) is 17.8. The second-order valence-corrected chi connectivity index (χ2v) is 8.35. The van der Waals surface area contributed by atoms with E-state index in [1.807, 2.05) is 4.90 Å². The molecule has 8 nitrogen and oxygen atoms in total. The van der Waals surface area contributed by atoms with Gasteiger partial charge in [0.25, 0.3) is 0 Å². The van der Waals surface area contributed by atoms with Gasteiger partial charge in [0.1, 0.15) is 6.10 Å². The van der Waals surface area contributed by atoms with Gasteiger partial charge in [-0.1, -0.05) is 6.07 Å². The first-order valence-corrected chi connectivity index (χ1v) is 10.9. The van der Waals surface area contributed by atoms with E-state index >= 15 is 0 Å². The van der Waals surface area contributed by atoms with Gasteiger partial charge in [0.05, 0.1) is 37.5 Å². The SMILES string of the molecule is O=C(N[C@H]1CO[C@@H](CN2CCN(c3cccc(C(F)(F)F)c3)CC2)[C@@H]1O)N1CCOCC1. The number of amides is 2. The van der Waals surface area contributed by atoms with E-state index < -0.39 is 30.0 Å². The van der Waals surface area contributed by atoms with Crippen LogP contribution in [0.1, 0.15) is 5.56 Å². The lowest BCUT2D eigenvalue weighted by Crippen LogP contribution is -2.54. The minimum Gasteiger partial charge on any atom is -0.388 e. The first-order chi connectivity index (χ1) is 15.3. The van der Waals surface area contributed by atoms with Gasteiger partial charge in [-0.2, -0.15) is 13.2 Å². The van der Waals surface area contributed by atoms with Gasteiger partial charge in [-0.05, 0) is 18.2 Å². The van der Waals surface area contributed by atoms with E-state index in [9.17, 15) is 23.1 Å². The summed E-state index contributed by atoms with van der Waals surface area (Å²) < 4.78 is 49.9. The molecule has 3 aliphatic rings. The fraction of sp³-hybridized carbons (Fsp3) is 0.667. The summed E-state index contributed by atoms with van der Waals surface area (Å²) in [6.45, 7) is 5.26. The summed E-state index contributed by atoms with van der Waals surface area (Å²) in [6.07, 6.45) is -5.60. The molecule has 178 valence electrons. The number of anilines is 1. The second-order valence-electron chi connectivity index (χ2n) is 8.35. The molecule has 4 rings (SSSR count). The topological polar surface area (TPSA) is 77.5 Å². The van der Waals surface area contributed by atoms with Crippen LogP contribution in [0, 0.1) is 0 Å². The highest BCUT2D eigenvalue weighted by molar-refractivity contribution is 5.74. The van der Waals surface area contributed by atoms with Crippen LogP contribution in [0.3, 0.4) is 0 Å². The van der Waals surface area contributed by atoms with Crippen molar-refractivity contribution >= 4 is 11.7 Å². The maximum Gasteiger partial charge on any atom is 0.416 e. The van der Waals surface area contributed by atoms with Crippen LogP contribution in [0.25, 0.3) is 0 Å². The molecule has 2 amide bonds. The number of morpholine rings is 1. The number of nitrogens with one attached hydrogen (secondary N) is 1. The smallest absolute Gasteiger partial charge is 0.388 e. The summed E-state index contributed by atoms with van der Waals surface area (Å²) in [5.74, 6) is 0. The van der Waals surface area contributed by atoms with Crippen molar-refractivity contribution in [3.05, 3.63) is 29.8 Å². The molecule has 3 saturated heterocycles. The third-order valence-electron chi connectivity index (χ3n) is 6.24. The van der Waals surface area contributed by atoms with Gasteiger partial charge in [-0.3, -0.25) is 4.90 Å². The number of benzene rings is 1. The predicted octanol–water partition coefficient (Wildman–Crippen LogP) is 0.997. The molecule has 2 N–H and O–H groups in total. The Kier molecular flexibility index (Phi) is 7.08. The first kappa shape index (κ1) is 23.1. The molecule has 11 heteroatoms. The number of hydrogen-bond donors (Lipinski definition) is 2. The molecule has 0 radical (unpaired) electrons. The molecule has 0 bridgehead atoms. The Morgan fingerprint density at radius 3 is 2.53 bits per heavy atom. The Bertz CT molecular complexity index is 783. The highest BCUT2D eigenvalue weighted by Crippen LogP contribution is 2.32. The third kappa shape index (κ3) is 5.45. The molecule has 3 fully saturated rings. The first-order valence-electron chi connectivity index (χ1n) is 10.9. The molecule has 0 saturated carbocycles. The van der Waals surface area contributed by atoms with Crippen molar-refractivity contribution in [2.75, 3.05) is 70.5 Å². The average molecular weight is 458 g/mol. The van der Waals surface area contributed by atoms with Crippen LogP contribution in [0.2, 0.25) is 0 Å². The number of carbonyl (C=O) groups is 1. The molecule has 0 aliphatic carbocycles. The van der Waals surface area contributed by atoms with E-state index in [1.165, 1.54) is 12.1 Å². The fourth-order valence-electron chi connectivity index (χ4n) is 4.31. The zero-order chi connectivity index (χ0) is 22.7. The van der Waals surface area contributed by atoms with E-state index in [4.69, 9.17) is 9.47 Å². The Hall–Kier alpha value is -2.08. The number of nitrogens with zero attached hydrogens (tertiary/aromatic N) is 3.